The van der Waals surface area contributed by atoms with Gasteiger partial charge in [0.2, 0.25) is 0 Å². The smallest absolute Gasteiger partial charge is 0.321 e. The van der Waals surface area contributed by atoms with E-state index in [-0.39, 0.29) is 21.2 Å². The van der Waals surface area contributed by atoms with Gasteiger partial charge in [0.1, 0.15) is 17.7 Å². The van der Waals surface area contributed by atoms with E-state index in [2.05, 4.69) is 5.32 Å². The lowest BCUT2D eigenvalue weighted by atomic mass is 9.71. The van der Waals surface area contributed by atoms with Crippen LogP contribution in [-0.2, 0) is 10.3 Å². The number of benzene rings is 2. The summed E-state index contributed by atoms with van der Waals surface area (Å²) >= 11 is 11.7. The fraction of sp³-hybridized carbons (Fsp3) is 0.278. The first-order chi connectivity index (χ1) is 12.2. The lowest BCUT2D eigenvalue weighted by Crippen LogP contribution is -2.50. The van der Waals surface area contributed by atoms with Crippen molar-refractivity contribution in [1.29, 1.82) is 0 Å². The Hall–Kier alpha value is -1.73. The van der Waals surface area contributed by atoms with Crippen LogP contribution in [0.5, 0.6) is 0 Å². The van der Waals surface area contributed by atoms with Crippen LogP contribution >= 0.6 is 23.2 Å². The fourth-order valence-electron chi connectivity index (χ4n) is 3.70. The molecule has 0 radical (unpaired) electrons. The Bertz CT molecular complexity index is 880. The molecule has 8 heteroatoms. The van der Waals surface area contributed by atoms with E-state index in [1.165, 1.54) is 30.3 Å². The molecule has 4 nitrogen and oxygen atoms in total. The highest BCUT2D eigenvalue weighted by molar-refractivity contribution is 6.31. The molecular weight excluding hydrogens is 385 g/mol. The van der Waals surface area contributed by atoms with Crippen LogP contribution in [0.25, 0.3) is 0 Å². The first kappa shape index (κ1) is 19.0. The second-order valence-electron chi connectivity index (χ2n) is 6.38. The molecule has 1 heterocycles. The molecule has 3 rings (SSSR count). The number of hydrogen-bond acceptors (Lipinski definition) is 3. The van der Waals surface area contributed by atoms with E-state index < -0.39 is 41.1 Å². The van der Waals surface area contributed by atoms with Crippen LogP contribution < -0.4 is 11.1 Å². The standard InChI is InChI=1S/C18H16Cl2F2N2O2/c1-8-18(23,11-6-5-9(19)7-13(11)21)14(16(24-8)17(25)26)10-3-2-4-12(20)15(10)22/h2-8,14,16,24H,23H2,1H3,(H,25,26)/t8-,14+,16-,18+/m1/s1. The van der Waals surface area contributed by atoms with Crippen molar-refractivity contribution >= 4 is 29.2 Å². The minimum atomic E-state index is -1.54. The van der Waals surface area contributed by atoms with Gasteiger partial charge < -0.3 is 10.8 Å². The summed E-state index contributed by atoms with van der Waals surface area (Å²) in [4.78, 5) is 11.8. The number of rotatable bonds is 3. The molecule has 0 aliphatic carbocycles. The zero-order valence-electron chi connectivity index (χ0n) is 13.6. The molecule has 1 fully saturated rings. The third-order valence-electron chi connectivity index (χ3n) is 4.97. The molecule has 26 heavy (non-hydrogen) atoms. The van der Waals surface area contributed by atoms with Gasteiger partial charge in [-0.25, -0.2) is 8.78 Å². The van der Waals surface area contributed by atoms with Gasteiger partial charge in [-0.1, -0.05) is 41.4 Å². The topological polar surface area (TPSA) is 75.3 Å². The number of hydrogen-bond donors (Lipinski definition) is 3. The first-order valence-electron chi connectivity index (χ1n) is 7.85. The molecule has 0 unspecified atom stereocenters. The maximum absolute atomic E-state index is 14.7. The molecule has 4 N–H and O–H groups in total. The van der Waals surface area contributed by atoms with Gasteiger partial charge in [0.15, 0.2) is 0 Å². The summed E-state index contributed by atoms with van der Waals surface area (Å²) < 4.78 is 29.4. The van der Waals surface area contributed by atoms with Gasteiger partial charge in [-0.3, -0.25) is 10.1 Å². The van der Waals surface area contributed by atoms with Crippen molar-refractivity contribution in [3.8, 4) is 0 Å². The molecule has 0 bridgehead atoms. The van der Waals surface area contributed by atoms with Crippen LogP contribution in [0.1, 0.15) is 24.0 Å². The number of aliphatic carboxylic acids is 1. The number of carbonyl (C=O) groups is 1. The van der Waals surface area contributed by atoms with Gasteiger partial charge in [-0.2, -0.15) is 0 Å². The molecule has 1 aliphatic heterocycles. The van der Waals surface area contributed by atoms with E-state index >= 15 is 0 Å². The van der Waals surface area contributed by atoms with Crippen molar-refractivity contribution in [2.24, 2.45) is 5.73 Å². The van der Waals surface area contributed by atoms with Crippen molar-refractivity contribution in [2.75, 3.05) is 0 Å². The summed E-state index contributed by atoms with van der Waals surface area (Å²) in [5.41, 5.74) is 5.10. The minimum Gasteiger partial charge on any atom is -0.480 e. The van der Waals surface area contributed by atoms with Crippen LogP contribution in [0.15, 0.2) is 36.4 Å². The largest absolute Gasteiger partial charge is 0.480 e. The van der Waals surface area contributed by atoms with E-state index in [0.717, 1.165) is 6.07 Å². The van der Waals surface area contributed by atoms with Crippen molar-refractivity contribution in [2.45, 2.75) is 30.5 Å². The maximum Gasteiger partial charge on any atom is 0.321 e. The lowest BCUT2D eigenvalue weighted by Gasteiger charge is -2.36. The van der Waals surface area contributed by atoms with Crippen LogP contribution in [0.3, 0.4) is 0 Å². The number of nitrogens with two attached hydrogens (primary N) is 1. The van der Waals surface area contributed by atoms with E-state index in [9.17, 15) is 18.7 Å². The maximum atomic E-state index is 14.7. The van der Waals surface area contributed by atoms with E-state index in [4.69, 9.17) is 28.9 Å². The van der Waals surface area contributed by atoms with Gasteiger partial charge in [0, 0.05) is 22.5 Å². The molecule has 138 valence electrons. The van der Waals surface area contributed by atoms with Gasteiger partial charge in [0.25, 0.3) is 0 Å². The Morgan fingerprint density at radius 3 is 2.58 bits per heavy atom. The summed E-state index contributed by atoms with van der Waals surface area (Å²) in [5.74, 6) is -3.77. The monoisotopic (exact) mass is 400 g/mol. The fourth-order valence-corrected chi connectivity index (χ4v) is 4.04. The molecule has 2 aromatic carbocycles. The summed E-state index contributed by atoms with van der Waals surface area (Å²) in [5, 5.41) is 12.5. The molecule has 0 saturated carbocycles. The molecule has 2 aromatic rings. The van der Waals surface area contributed by atoms with Crippen molar-refractivity contribution in [3.63, 3.8) is 0 Å². The number of nitrogens with one attached hydrogen (secondary N) is 1. The first-order valence-corrected chi connectivity index (χ1v) is 8.60. The van der Waals surface area contributed by atoms with Crippen molar-refractivity contribution in [1.82, 2.24) is 5.32 Å². The Morgan fingerprint density at radius 1 is 1.27 bits per heavy atom. The zero-order valence-corrected chi connectivity index (χ0v) is 15.2. The number of carboxylic acid groups (broad SMARTS) is 1. The van der Waals surface area contributed by atoms with E-state index in [0.29, 0.717) is 0 Å². The molecular formula is C18H16Cl2F2N2O2. The molecule has 4 atom stereocenters. The third-order valence-corrected chi connectivity index (χ3v) is 5.50. The highest BCUT2D eigenvalue weighted by atomic mass is 35.5. The van der Waals surface area contributed by atoms with Crippen molar-refractivity contribution < 1.29 is 18.7 Å². The van der Waals surface area contributed by atoms with Crippen LogP contribution in [0.2, 0.25) is 10.0 Å². The van der Waals surface area contributed by atoms with Crippen LogP contribution in [0.4, 0.5) is 8.78 Å². The lowest BCUT2D eigenvalue weighted by molar-refractivity contribution is -0.139. The average molecular weight is 401 g/mol. The normalized spacial score (nSPS) is 28.3. The van der Waals surface area contributed by atoms with Gasteiger partial charge in [-0.15, -0.1) is 0 Å². The Labute approximate surface area is 158 Å². The Kier molecular flexibility index (Phi) is 4.96. The average Bonchev–Trinajstić information content (AvgIpc) is 2.83. The predicted molar refractivity (Wildman–Crippen MR) is 95.4 cm³/mol. The van der Waals surface area contributed by atoms with Crippen LogP contribution in [0, 0.1) is 11.6 Å². The highest BCUT2D eigenvalue weighted by Crippen LogP contribution is 2.47. The molecule has 0 aromatic heterocycles. The van der Waals surface area contributed by atoms with Gasteiger partial charge >= 0.3 is 5.97 Å². The predicted octanol–water partition coefficient (Wildman–Crippen LogP) is 3.65. The highest BCUT2D eigenvalue weighted by Gasteiger charge is 2.56. The number of carboxylic acids is 1. The molecule has 1 saturated heterocycles. The molecule has 1 aliphatic rings. The Morgan fingerprint density at radius 2 is 1.96 bits per heavy atom. The second kappa shape index (κ2) is 6.78. The summed E-state index contributed by atoms with van der Waals surface area (Å²) in [7, 11) is 0. The third kappa shape index (κ3) is 2.87. The zero-order chi connectivity index (χ0) is 19.2. The Balaban J connectivity index is 2.27. The quantitative estimate of drug-likeness (QED) is 0.734. The van der Waals surface area contributed by atoms with Crippen LogP contribution in [-0.4, -0.2) is 23.2 Å². The SMILES string of the molecule is C[C@H]1N[C@@H](C(=O)O)[C@H](c2cccc(Cl)c2F)[C@@]1(N)c1ccc(Cl)cc1F. The van der Waals surface area contributed by atoms with Crippen molar-refractivity contribution in [3.05, 3.63) is 69.2 Å². The molecule has 0 spiro atoms. The summed E-state index contributed by atoms with van der Waals surface area (Å²) in [6.45, 7) is 1.63. The van der Waals surface area contributed by atoms with Gasteiger partial charge in [-0.05, 0) is 30.7 Å². The van der Waals surface area contributed by atoms with E-state index in [1.807, 2.05) is 0 Å². The van der Waals surface area contributed by atoms with Gasteiger partial charge in [0.05, 0.1) is 10.6 Å². The minimum absolute atomic E-state index is 0.0126. The summed E-state index contributed by atoms with van der Waals surface area (Å²) in [6, 6.07) is 6.33. The molecule has 0 amide bonds. The summed E-state index contributed by atoms with van der Waals surface area (Å²) in [6.07, 6.45) is 0. The van der Waals surface area contributed by atoms with E-state index in [1.54, 1.807) is 6.92 Å². The second-order valence-corrected chi connectivity index (χ2v) is 7.23. The number of halogens is 4.